The predicted molar refractivity (Wildman–Crippen MR) is 83.4 cm³/mol. The smallest absolute Gasteiger partial charge is 0.339 e. The van der Waals surface area contributed by atoms with Crippen molar-refractivity contribution in [2.24, 2.45) is 0 Å². The molecular weight excluding hydrogens is 356 g/mol. The summed E-state index contributed by atoms with van der Waals surface area (Å²) in [6.45, 7) is 0. The molecule has 0 amide bonds. The number of nitro benzene ring substituents is 2. The lowest BCUT2D eigenvalue weighted by Gasteiger charge is -1.98. The largest absolute Gasteiger partial charge is 0.501 e. The molecule has 0 bridgehead atoms. The summed E-state index contributed by atoms with van der Waals surface area (Å²) in [7, 11) is 0. The van der Waals surface area contributed by atoms with Crippen LogP contribution in [0.4, 0.5) is 11.4 Å². The third-order valence-corrected chi connectivity index (χ3v) is 2.88. The van der Waals surface area contributed by atoms with Crippen LogP contribution in [0.5, 0.6) is 11.5 Å². The Hall–Kier alpha value is -4.22. The zero-order valence-corrected chi connectivity index (χ0v) is 12.6. The number of carboxylic acid groups (broad SMARTS) is 2. The maximum Gasteiger partial charge on any atom is 0.339 e. The highest BCUT2D eigenvalue weighted by Gasteiger charge is 2.20. The van der Waals surface area contributed by atoms with Crippen molar-refractivity contribution in [3.05, 3.63) is 67.8 Å². The number of hydrogen-bond donors (Lipinski definition) is 4. The van der Waals surface area contributed by atoms with E-state index in [1.165, 1.54) is 12.1 Å². The van der Waals surface area contributed by atoms with E-state index in [-0.39, 0.29) is 0 Å². The van der Waals surface area contributed by atoms with Gasteiger partial charge in [-0.3, -0.25) is 20.2 Å². The maximum atomic E-state index is 10.4. The zero-order valence-electron chi connectivity index (χ0n) is 12.6. The maximum absolute atomic E-state index is 10.4. The molecule has 0 aliphatic heterocycles. The number of para-hydroxylation sites is 2. The number of nitrogens with zero attached hydrogens (tertiary/aromatic N) is 2. The van der Waals surface area contributed by atoms with E-state index in [1.807, 2.05) is 0 Å². The van der Waals surface area contributed by atoms with Gasteiger partial charge < -0.3 is 20.4 Å². The van der Waals surface area contributed by atoms with Gasteiger partial charge in [-0.15, -0.1) is 0 Å². The number of hydrogen-bond acceptors (Lipinski definition) is 8. The number of carbonyl (C=O) groups is 2. The number of rotatable bonds is 4. The molecule has 0 aliphatic carbocycles. The van der Waals surface area contributed by atoms with E-state index in [0.717, 1.165) is 24.3 Å². The third kappa shape index (κ3) is 4.41. The zero-order chi connectivity index (χ0) is 20.0. The molecule has 26 heavy (non-hydrogen) atoms. The summed E-state index contributed by atoms with van der Waals surface area (Å²) >= 11 is 0. The van der Waals surface area contributed by atoms with Crippen molar-refractivity contribution >= 4 is 23.3 Å². The van der Waals surface area contributed by atoms with Crippen LogP contribution >= 0.6 is 0 Å². The van der Waals surface area contributed by atoms with Gasteiger partial charge in [-0.05, 0) is 12.1 Å². The number of carboxylic acids is 2. The molecule has 0 radical (unpaired) electrons. The van der Waals surface area contributed by atoms with Gasteiger partial charge in [0.05, 0.1) is 9.85 Å². The summed E-state index contributed by atoms with van der Waals surface area (Å²) in [6, 6.07) is 6.63. The first-order valence-corrected chi connectivity index (χ1v) is 6.47. The van der Waals surface area contributed by atoms with E-state index in [2.05, 4.69) is 0 Å². The van der Waals surface area contributed by atoms with Gasteiger partial charge in [0.25, 0.3) is 0 Å². The van der Waals surface area contributed by atoms with Crippen LogP contribution in [0, 0.1) is 20.2 Å². The number of phenols is 2. The Morgan fingerprint density at radius 2 is 1.04 bits per heavy atom. The standard InChI is InChI=1S/2C7H5NO5/c2*9-6-4(7(10)11)2-1-3-5(6)8(12)13/h2*1-3,9H,(H,10,11). The van der Waals surface area contributed by atoms with E-state index in [0.29, 0.717) is 0 Å². The minimum atomic E-state index is -1.40. The average molecular weight is 366 g/mol. The van der Waals surface area contributed by atoms with Crippen molar-refractivity contribution in [3.8, 4) is 11.5 Å². The molecular formula is C14H10N2O10. The molecule has 0 unspecified atom stereocenters. The number of aromatic hydroxyl groups is 2. The average Bonchev–Trinajstić information content (AvgIpc) is 2.54. The summed E-state index contributed by atoms with van der Waals surface area (Å²) in [5, 5.41) is 55.7. The van der Waals surface area contributed by atoms with Gasteiger partial charge in [0.2, 0.25) is 11.5 Å². The van der Waals surface area contributed by atoms with Crippen LogP contribution in [0.2, 0.25) is 0 Å². The topological polar surface area (TPSA) is 201 Å². The van der Waals surface area contributed by atoms with Crippen molar-refractivity contribution in [1.82, 2.24) is 0 Å². The van der Waals surface area contributed by atoms with E-state index >= 15 is 0 Å². The summed E-state index contributed by atoms with van der Waals surface area (Å²) in [5.74, 6) is -4.44. The lowest BCUT2D eigenvalue weighted by atomic mass is 10.2. The first kappa shape index (κ1) is 19.8. The van der Waals surface area contributed by atoms with Gasteiger partial charge in [-0.25, -0.2) is 9.59 Å². The fourth-order valence-electron chi connectivity index (χ4n) is 1.70. The lowest BCUT2D eigenvalue weighted by Crippen LogP contribution is -1.98. The van der Waals surface area contributed by atoms with Crippen molar-refractivity contribution in [3.63, 3.8) is 0 Å². The first-order chi connectivity index (χ1) is 12.1. The fraction of sp³-hybridized carbons (Fsp3) is 0. The van der Waals surface area contributed by atoms with Crippen molar-refractivity contribution < 1.29 is 39.9 Å². The Morgan fingerprint density at radius 1 is 0.731 bits per heavy atom. The van der Waals surface area contributed by atoms with Gasteiger partial charge in [0.15, 0.2) is 0 Å². The number of aromatic carboxylic acids is 2. The molecule has 4 N–H and O–H groups in total. The molecule has 136 valence electrons. The molecule has 2 rings (SSSR count). The molecule has 0 spiro atoms. The van der Waals surface area contributed by atoms with Crippen LogP contribution < -0.4 is 0 Å². The Bertz CT molecular complexity index is 755. The Morgan fingerprint density at radius 3 is 1.27 bits per heavy atom. The van der Waals surface area contributed by atoms with Crippen LogP contribution in [0.25, 0.3) is 0 Å². The highest BCUT2D eigenvalue weighted by Crippen LogP contribution is 2.29. The van der Waals surface area contributed by atoms with E-state index in [9.17, 15) is 29.8 Å². The minimum Gasteiger partial charge on any atom is -0.501 e. The number of benzene rings is 2. The Balaban J connectivity index is 0.000000260. The molecule has 0 atom stereocenters. The number of nitro groups is 2. The second-order valence-electron chi connectivity index (χ2n) is 4.47. The van der Waals surface area contributed by atoms with Crippen LogP contribution in [-0.4, -0.2) is 42.2 Å². The molecule has 12 nitrogen and oxygen atoms in total. The normalized spacial score (nSPS) is 9.54. The molecule has 0 saturated carbocycles. The molecule has 0 aliphatic rings. The minimum absolute atomic E-state index is 0.478. The van der Waals surface area contributed by atoms with Crippen LogP contribution in [-0.2, 0) is 0 Å². The summed E-state index contributed by atoms with van der Waals surface area (Å²) in [6.07, 6.45) is 0. The monoisotopic (exact) mass is 366 g/mol. The van der Waals surface area contributed by atoms with Crippen LogP contribution in [0.15, 0.2) is 36.4 Å². The van der Waals surface area contributed by atoms with E-state index in [4.69, 9.17) is 20.4 Å². The molecule has 12 heteroatoms. The van der Waals surface area contributed by atoms with Crippen molar-refractivity contribution in [1.29, 1.82) is 0 Å². The molecule has 2 aromatic carbocycles. The van der Waals surface area contributed by atoms with Gasteiger partial charge >= 0.3 is 23.3 Å². The molecule has 0 aromatic heterocycles. The third-order valence-electron chi connectivity index (χ3n) is 2.88. The van der Waals surface area contributed by atoms with Crippen LogP contribution in [0.3, 0.4) is 0 Å². The molecule has 0 heterocycles. The van der Waals surface area contributed by atoms with Gasteiger partial charge in [-0.2, -0.15) is 0 Å². The fourth-order valence-corrected chi connectivity index (χ4v) is 1.70. The van der Waals surface area contributed by atoms with Crippen molar-refractivity contribution in [2.75, 3.05) is 0 Å². The van der Waals surface area contributed by atoms with Gasteiger partial charge in [0.1, 0.15) is 11.1 Å². The van der Waals surface area contributed by atoms with Crippen molar-refractivity contribution in [2.45, 2.75) is 0 Å². The Labute approximate surface area is 143 Å². The summed E-state index contributed by atoms with van der Waals surface area (Å²) < 4.78 is 0. The SMILES string of the molecule is O=C(O)c1cccc([N+](=O)[O-])c1O.O=C(O)c1cccc([N+](=O)[O-])c1O. The molecule has 0 saturated heterocycles. The van der Waals surface area contributed by atoms with E-state index < -0.39 is 55.8 Å². The highest BCUT2D eigenvalue weighted by atomic mass is 16.6. The predicted octanol–water partition coefficient (Wildman–Crippen LogP) is 2.00. The summed E-state index contributed by atoms with van der Waals surface area (Å²) in [4.78, 5) is 39.6. The second kappa shape index (κ2) is 8.05. The Kier molecular flexibility index (Phi) is 6.14. The first-order valence-electron chi connectivity index (χ1n) is 6.47. The lowest BCUT2D eigenvalue weighted by molar-refractivity contribution is -0.386. The summed E-state index contributed by atoms with van der Waals surface area (Å²) in [5.41, 5.74) is -2.18. The quantitative estimate of drug-likeness (QED) is 0.457. The second-order valence-corrected chi connectivity index (χ2v) is 4.47. The van der Waals surface area contributed by atoms with Gasteiger partial charge in [0, 0.05) is 12.1 Å². The van der Waals surface area contributed by atoms with Crippen LogP contribution in [0.1, 0.15) is 20.7 Å². The molecule has 2 aromatic rings. The highest BCUT2D eigenvalue weighted by molar-refractivity contribution is 5.92. The van der Waals surface area contributed by atoms with E-state index in [1.54, 1.807) is 0 Å². The van der Waals surface area contributed by atoms with Gasteiger partial charge in [-0.1, -0.05) is 12.1 Å². The molecule has 0 fully saturated rings.